The first-order valence-corrected chi connectivity index (χ1v) is 24.6. The molecule has 5 heterocycles. The third-order valence-corrected chi connectivity index (χ3v) is 15.9. The summed E-state index contributed by atoms with van der Waals surface area (Å²) in [5, 5.41) is 2.26. The maximum Gasteiger partial charge on any atom is 0.125 e. The van der Waals surface area contributed by atoms with Crippen molar-refractivity contribution in [2.45, 2.75) is 38.5 Å². The van der Waals surface area contributed by atoms with Crippen LogP contribution in [0.5, 0.6) is 0 Å². The van der Waals surface area contributed by atoms with E-state index in [0.717, 1.165) is 54.1 Å². The summed E-state index contributed by atoms with van der Waals surface area (Å²) in [5.74, 6) is 0. The fraction of sp³-hybridized carbons (Fsp3) is 0.0938. The lowest BCUT2D eigenvalue weighted by molar-refractivity contribution is 0.632. The largest absolute Gasteiger partial charge is 0.310 e. The van der Waals surface area contributed by atoms with Crippen LogP contribution in [-0.4, -0.2) is 9.97 Å². The molecule has 3 aromatic heterocycles. The van der Waals surface area contributed by atoms with Gasteiger partial charge < -0.3 is 9.80 Å². The lowest BCUT2D eigenvalue weighted by Gasteiger charge is -2.42. The van der Waals surface area contributed by atoms with Crippen LogP contribution in [-0.2, 0) is 10.8 Å². The zero-order valence-electron chi connectivity index (χ0n) is 39.0. The molecule has 2 aliphatic heterocycles. The predicted octanol–water partition coefficient (Wildman–Crippen LogP) is 17.7. The number of thiophene rings is 1. The van der Waals surface area contributed by atoms with Gasteiger partial charge in [-0.1, -0.05) is 185 Å². The molecule has 11 aromatic rings. The highest BCUT2D eigenvalue weighted by atomic mass is 32.1. The monoisotopic (exact) mass is 904 g/mol. The van der Waals surface area contributed by atoms with Crippen molar-refractivity contribution in [1.29, 1.82) is 0 Å². The van der Waals surface area contributed by atoms with Crippen molar-refractivity contribution >= 4 is 65.9 Å². The molecule has 13 rings (SSSR count). The molecule has 330 valence electrons. The van der Waals surface area contributed by atoms with E-state index in [2.05, 4.69) is 244 Å². The van der Waals surface area contributed by atoms with Crippen LogP contribution in [0.15, 0.2) is 219 Å². The summed E-state index contributed by atoms with van der Waals surface area (Å²) in [6.07, 6.45) is 3.99. The third-order valence-electron chi connectivity index (χ3n) is 14.8. The molecule has 5 heteroatoms. The second kappa shape index (κ2) is 15.7. The molecule has 0 saturated heterocycles. The Morgan fingerprint density at radius 3 is 0.884 bits per heavy atom. The van der Waals surface area contributed by atoms with Crippen molar-refractivity contribution in [3.8, 4) is 44.5 Å². The average molecular weight is 905 g/mol. The number of para-hydroxylation sites is 4. The topological polar surface area (TPSA) is 32.3 Å². The van der Waals surface area contributed by atoms with Crippen LogP contribution in [0.25, 0.3) is 64.9 Å². The molecule has 8 aromatic carbocycles. The van der Waals surface area contributed by atoms with Gasteiger partial charge in [-0.2, -0.15) is 0 Å². The highest BCUT2D eigenvalue weighted by Gasteiger charge is 2.38. The molecule has 0 amide bonds. The standard InChI is InChI=1S/C64H48N4S/c1-63(2)53-13-5-9-17-57(53)67(58-18-10-6-14-54(58)63)49-33-29-43(30-34-49)41-21-25-45(26-22-41)47-37-51-52-38-48(40-66-62(52)69-61(51)65-39-47)46-27-23-42(24-28-46)44-31-35-50(36-32-44)68-59-19-11-7-15-55(59)64(3,4)56-16-8-12-20-60(56)68/h5-40H,1-4H3. The van der Waals surface area contributed by atoms with E-state index in [-0.39, 0.29) is 10.8 Å². The molecular formula is C64H48N4S. The van der Waals surface area contributed by atoms with E-state index in [1.807, 2.05) is 12.4 Å². The lowest BCUT2D eigenvalue weighted by Crippen LogP contribution is -2.30. The summed E-state index contributed by atoms with van der Waals surface area (Å²) in [4.78, 5) is 16.7. The second-order valence-electron chi connectivity index (χ2n) is 19.5. The number of hydrogen-bond acceptors (Lipinski definition) is 5. The van der Waals surface area contributed by atoms with Crippen LogP contribution in [0.2, 0.25) is 0 Å². The third kappa shape index (κ3) is 6.63. The van der Waals surface area contributed by atoms with Gasteiger partial charge >= 0.3 is 0 Å². The van der Waals surface area contributed by atoms with Gasteiger partial charge in [-0.15, -0.1) is 0 Å². The molecule has 0 fully saturated rings. The minimum absolute atomic E-state index is 0.0826. The zero-order valence-corrected chi connectivity index (χ0v) is 39.8. The Hall–Kier alpha value is -8.12. The van der Waals surface area contributed by atoms with Gasteiger partial charge in [-0.25, -0.2) is 9.97 Å². The smallest absolute Gasteiger partial charge is 0.125 e. The SMILES string of the molecule is CC1(C)c2ccccc2N(c2ccc(-c3ccc(-c4cnc5sc6ncc(-c7ccc(-c8ccc(N9c%10ccccc%10C(C)(C)c%10ccccc%109)cc8)cc7)cc6c5c4)cc3)cc2)c2ccccc21. The van der Waals surface area contributed by atoms with E-state index in [1.54, 1.807) is 11.3 Å². The summed E-state index contributed by atoms with van der Waals surface area (Å²) >= 11 is 1.65. The number of anilines is 6. The molecule has 0 bridgehead atoms. The van der Waals surface area contributed by atoms with Gasteiger partial charge in [0, 0.05) is 56.5 Å². The summed E-state index contributed by atoms with van der Waals surface area (Å²) in [5.41, 5.74) is 21.6. The molecule has 2 aliphatic rings. The minimum Gasteiger partial charge on any atom is -0.310 e. The van der Waals surface area contributed by atoms with E-state index in [9.17, 15) is 0 Å². The van der Waals surface area contributed by atoms with Crippen LogP contribution >= 0.6 is 11.3 Å². The first-order chi connectivity index (χ1) is 33.7. The van der Waals surface area contributed by atoms with Crippen molar-refractivity contribution in [2.75, 3.05) is 9.80 Å². The highest BCUT2D eigenvalue weighted by molar-refractivity contribution is 7.25. The number of aromatic nitrogens is 2. The van der Waals surface area contributed by atoms with Crippen molar-refractivity contribution in [2.24, 2.45) is 0 Å². The van der Waals surface area contributed by atoms with E-state index in [1.165, 1.54) is 67.3 Å². The molecule has 0 spiro atoms. The number of benzene rings is 8. The fourth-order valence-electron chi connectivity index (χ4n) is 11.1. The van der Waals surface area contributed by atoms with Crippen LogP contribution in [0, 0.1) is 0 Å². The highest BCUT2D eigenvalue weighted by Crippen LogP contribution is 2.53. The van der Waals surface area contributed by atoms with E-state index < -0.39 is 0 Å². The van der Waals surface area contributed by atoms with E-state index >= 15 is 0 Å². The molecule has 69 heavy (non-hydrogen) atoms. The van der Waals surface area contributed by atoms with Crippen molar-refractivity contribution in [3.63, 3.8) is 0 Å². The van der Waals surface area contributed by atoms with Crippen LogP contribution in [0.4, 0.5) is 34.1 Å². The maximum atomic E-state index is 4.95. The molecule has 0 atom stereocenters. The summed E-state index contributed by atoms with van der Waals surface area (Å²) in [6.45, 7) is 9.31. The Kier molecular flexibility index (Phi) is 9.37. The lowest BCUT2D eigenvalue weighted by atomic mass is 9.73. The Morgan fingerprint density at radius 1 is 0.319 bits per heavy atom. The summed E-state index contributed by atoms with van der Waals surface area (Å²) in [7, 11) is 0. The second-order valence-corrected chi connectivity index (χ2v) is 20.5. The van der Waals surface area contributed by atoms with Gasteiger partial charge in [0.2, 0.25) is 0 Å². The van der Waals surface area contributed by atoms with Crippen LogP contribution < -0.4 is 9.80 Å². The number of fused-ring (bicyclic) bond motifs is 7. The van der Waals surface area contributed by atoms with E-state index in [0.29, 0.717) is 0 Å². The fourth-order valence-corrected chi connectivity index (χ4v) is 12.0. The number of nitrogens with zero attached hydrogens (tertiary/aromatic N) is 4. The zero-order chi connectivity index (χ0) is 46.4. The average Bonchev–Trinajstić information content (AvgIpc) is 3.77. The predicted molar refractivity (Wildman–Crippen MR) is 290 cm³/mol. The van der Waals surface area contributed by atoms with Crippen LogP contribution in [0.3, 0.4) is 0 Å². The summed E-state index contributed by atoms with van der Waals surface area (Å²) in [6, 6.07) is 75.5. The van der Waals surface area contributed by atoms with Crippen LogP contribution in [0.1, 0.15) is 49.9 Å². The van der Waals surface area contributed by atoms with Gasteiger partial charge in [0.25, 0.3) is 0 Å². The van der Waals surface area contributed by atoms with Gasteiger partial charge in [-0.3, -0.25) is 0 Å². The number of rotatable bonds is 6. The molecule has 0 saturated carbocycles. The Labute approximate surface area is 407 Å². The van der Waals surface area contributed by atoms with E-state index in [4.69, 9.17) is 9.97 Å². The molecular weight excluding hydrogens is 857 g/mol. The minimum atomic E-state index is -0.0826. The van der Waals surface area contributed by atoms with Gasteiger partial charge in [0.15, 0.2) is 0 Å². The molecule has 0 aliphatic carbocycles. The molecule has 4 nitrogen and oxygen atoms in total. The number of pyridine rings is 2. The maximum absolute atomic E-state index is 4.95. The Balaban J connectivity index is 0.746. The van der Waals surface area contributed by atoms with Gasteiger partial charge in [-0.05, 0) is 116 Å². The Morgan fingerprint density at radius 2 is 0.580 bits per heavy atom. The molecule has 0 N–H and O–H groups in total. The van der Waals surface area contributed by atoms with Gasteiger partial charge in [0.05, 0.1) is 22.7 Å². The first-order valence-electron chi connectivity index (χ1n) is 23.8. The number of hydrogen-bond donors (Lipinski definition) is 0. The van der Waals surface area contributed by atoms with Crippen molar-refractivity contribution < 1.29 is 0 Å². The first kappa shape index (κ1) is 41.1. The quantitative estimate of drug-likeness (QED) is 0.166. The molecule has 0 unspecified atom stereocenters. The normalized spacial score (nSPS) is 14.3. The van der Waals surface area contributed by atoms with Crippen molar-refractivity contribution in [3.05, 3.63) is 241 Å². The molecule has 0 radical (unpaired) electrons. The Bertz CT molecular complexity index is 3420. The summed E-state index contributed by atoms with van der Waals surface area (Å²) < 4.78 is 0. The van der Waals surface area contributed by atoms with Crippen molar-refractivity contribution in [1.82, 2.24) is 9.97 Å². The van der Waals surface area contributed by atoms with Gasteiger partial charge in [0.1, 0.15) is 9.66 Å².